The van der Waals surface area contributed by atoms with E-state index < -0.39 is 0 Å². The number of rotatable bonds is 2. The second kappa shape index (κ2) is 5.84. The molecule has 7 heteroatoms. The number of hydrogen-bond donors (Lipinski definition) is 1. The van der Waals surface area contributed by atoms with E-state index in [-0.39, 0.29) is 17.5 Å². The van der Waals surface area contributed by atoms with Crippen molar-refractivity contribution in [2.75, 3.05) is 0 Å². The maximum absolute atomic E-state index is 12.8. The first-order valence-corrected chi connectivity index (χ1v) is 8.33. The Morgan fingerprint density at radius 2 is 2.20 bits per heavy atom. The van der Waals surface area contributed by atoms with Gasteiger partial charge in [0, 0.05) is 25.4 Å². The highest BCUT2D eigenvalue weighted by Crippen LogP contribution is 2.19. The Bertz CT molecular complexity index is 1030. The van der Waals surface area contributed by atoms with Crippen LogP contribution in [0.5, 0.6) is 0 Å². The van der Waals surface area contributed by atoms with E-state index in [9.17, 15) is 9.59 Å². The van der Waals surface area contributed by atoms with E-state index in [4.69, 9.17) is 0 Å². The summed E-state index contributed by atoms with van der Waals surface area (Å²) in [5, 5.41) is 7.40. The fourth-order valence-electron chi connectivity index (χ4n) is 3.45. The van der Waals surface area contributed by atoms with Crippen molar-refractivity contribution in [1.29, 1.82) is 0 Å². The molecule has 4 rings (SSSR count). The topological polar surface area (TPSA) is 81.3 Å². The molecule has 1 amide bonds. The summed E-state index contributed by atoms with van der Waals surface area (Å²) in [6, 6.07) is 7.27. The van der Waals surface area contributed by atoms with Gasteiger partial charge in [-0.1, -0.05) is 6.07 Å². The Morgan fingerprint density at radius 3 is 3.04 bits per heavy atom. The highest BCUT2D eigenvalue weighted by atomic mass is 16.2. The molecule has 128 valence electrons. The lowest BCUT2D eigenvalue weighted by Gasteiger charge is -2.24. The number of carbonyl (C=O) groups excluding carboxylic acids is 1. The van der Waals surface area contributed by atoms with Crippen molar-refractivity contribution >= 4 is 11.6 Å². The zero-order valence-electron chi connectivity index (χ0n) is 14.2. The summed E-state index contributed by atoms with van der Waals surface area (Å²) in [5.41, 5.74) is 3.77. The number of aryl methyl sites for hydroxylation is 3. The number of imidazole rings is 1. The number of hydrogen-bond acceptors (Lipinski definition) is 4. The molecule has 1 unspecified atom stereocenters. The number of carbonyl (C=O) groups is 1. The summed E-state index contributed by atoms with van der Waals surface area (Å²) < 4.78 is 3.16. The van der Waals surface area contributed by atoms with Crippen LogP contribution in [0.2, 0.25) is 0 Å². The van der Waals surface area contributed by atoms with E-state index in [1.54, 1.807) is 17.5 Å². The van der Waals surface area contributed by atoms with Gasteiger partial charge in [-0.25, -0.2) is 9.67 Å². The van der Waals surface area contributed by atoms with Crippen molar-refractivity contribution < 1.29 is 4.79 Å². The summed E-state index contributed by atoms with van der Waals surface area (Å²) in [7, 11) is 1.66. The summed E-state index contributed by atoms with van der Waals surface area (Å²) in [6.45, 7) is 1.84. The Labute approximate surface area is 144 Å². The SMILES string of the molecule is Cc1nc2ccccn2c1C(=O)NC1CCc2nn(C)c(=O)cc2C1. The van der Waals surface area contributed by atoms with E-state index in [1.165, 1.54) is 4.68 Å². The van der Waals surface area contributed by atoms with Gasteiger partial charge in [-0.15, -0.1) is 0 Å². The van der Waals surface area contributed by atoms with Crippen LogP contribution in [0.15, 0.2) is 35.3 Å². The summed E-state index contributed by atoms with van der Waals surface area (Å²) >= 11 is 0. The molecule has 1 aliphatic carbocycles. The average molecular weight is 337 g/mol. The summed E-state index contributed by atoms with van der Waals surface area (Å²) in [6.07, 6.45) is 4.02. The largest absolute Gasteiger partial charge is 0.348 e. The van der Waals surface area contributed by atoms with Gasteiger partial charge in [0.2, 0.25) is 0 Å². The third-order valence-corrected chi connectivity index (χ3v) is 4.71. The van der Waals surface area contributed by atoms with Gasteiger partial charge in [0.1, 0.15) is 11.3 Å². The van der Waals surface area contributed by atoms with Gasteiger partial charge in [-0.3, -0.25) is 14.0 Å². The van der Waals surface area contributed by atoms with Gasteiger partial charge in [0.25, 0.3) is 11.5 Å². The Balaban J connectivity index is 1.58. The zero-order valence-corrected chi connectivity index (χ0v) is 14.2. The molecule has 25 heavy (non-hydrogen) atoms. The molecular formula is C18H19N5O2. The van der Waals surface area contributed by atoms with E-state index in [0.29, 0.717) is 17.8 Å². The molecule has 1 N–H and O–H groups in total. The number of nitrogens with zero attached hydrogens (tertiary/aromatic N) is 4. The van der Waals surface area contributed by atoms with Crippen molar-refractivity contribution in [3.8, 4) is 0 Å². The van der Waals surface area contributed by atoms with Gasteiger partial charge >= 0.3 is 0 Å². The van der Waals surface area contributed by atoms with Gasteiger partial charge in [-0.05, 0) is 43.9 Å². The van der Waals surface area contributed by atoms with Crippen LogP contribution in [0, 0.1) is 6.92 Å². The maximum Gasteiger partial charge on any atom is 0.270 e. The maximum atomic E-state index is 12.8. The number of fused-ring (bicyclic) bond motifs is 2. The highest BCUT2D eigenvalue weighted by Gasteiger charge is 2.24. The van der Waals surface area contributed by atoms with Gasteiger partial charge in [-0.2, -0.15) is 5.10 Å². The normalized spacial score (nSPS) is 16.6. The standard InChI is InChI=1S/C18H19N5O2/c1-11-17(23-8-4-3-5-15(23)19-11)18(25)20-13-6-7-14-12(9-13)10-16(24)22(2)21-14/h3-5,8,10,13H,6-7,9H2,1-2H3,(H,20,25). The molecule has 0 spiro atoms. The van der Waals surface area contributed by atoms with Gasteiger partial charge < -0.3 is 5.32 Å². The van der Waals surface area contributed by atoms with Gasteiger partial charge in [0.05, 0.1) is 11.4 Å². The van der Waals surface area contributed by atoms with Crippen molar-refractivity contribution in [2.24, 2.45) is 7.05 Å². The van der Waals surface area contributed by atoms with Crippen LogP contribution in [0.4, 0.5) is 0 Å². The minimum absolute atomic E-state index is 0.0115. The molecule has 1 atom stereocenters. The molecule has 0 aromatic carbocycles. The molecule has 3 aromatic rings. The first-order chi connectivity index (χ1) is 12.0. The predicted octanol–water partition coefficient (Wildman–Crippen LogP) is 1.02. The monoisotopic (exact) mass is 337 g/mol. The molecule has 7 nitrogen and oxygen atoms in total. The molecular weight excluding hydrogens is 318 g/mol. The van der Waals surface area contributed by atoms with Crippen LogP contribution in [0.1, 0.15) is 33.9 Å². The van der Waals surface area contributed by atoms with Gasteiger partial charge in [0.15, 0.2) is 0 Å². The summed E-state index contributed by atoms with van der Waals surface area (Å²) in [4.78, 5) is 29.0. The Hall–Kier alpha value is -2.96. The highest BCUT2D eigenvalue weighted by molar-refractivity contribution is 5.94. The average Bonchev–Trinajstić information content (AvgIpc) is 2.92. The molecule has 0 fully saturated rings. The van der Waals surface area contributed by atoms with Crippen LogP contribution in [0.3, 0.4) is 0 Å². The minimum atomic E-state index is -0.138. The smallest absolute Gasteiger partial charge is 0.270 e. The molecule has 0 saturated carbocycles. The second-order valence-corrected chi connectivity index (χ2v) is 6.47. The van der Waals surface area contributed by atoms with E-state index in [1.807, 2.05) is 31.3 Å². The van der Waals surface area contributed by atoms with E-state index in [2.05, 4.69) is 15.4 Å². The van der Waals surface area contributed by atoms with Crippen molar-refractivity contribution in [1.82, 2.24) is 24.5 Å². The van der Waals surface area contributed by atoms with E-state index >= 15 is 0 Å². The van der Waals surface area contributed by atoms with E-state index in [0.717, 1.165) is 29.7 Å². The minimum Gasteiger partial charge on any atom is -0.348 e. The van der Waals surface area contributed by atoms with Crippen molar-refractivity contribution in [3.05, 3.63) is 63.5 Å². The van der Waals surface area contributed by atoms with Crippen LogP contribution in [0.25, 0.3) is 5.65 Å². The molecule has 3 heterocycles. The number of aromatic nitrogens is 4. The van der Waals surface area contributed by atoms with Crippen molar-refractivity contribution in [3.63, 3.8) is 0 Å². The fourth-order valence-corrected chi connectivity index (χ4v) is 3.45. The third-order valence-electron chi connectivity index (χ3n) is 4.71. The molecule has 0 radical (unpaired) electrons. The lowest BCUT2D eigenvalue weighted by molar-refractivity contribution is 0.0926. The Morgan fingerprint density at radius 1 is 1.36 bits per heavy atom. The zero-order chi connectivity index (χ0) is 17.6. The Kier molecular flexibility index (Phi) is 3.63. The molecule has 0 saturated heterocycles. The predicted molar refractivity (Wildman–Crippen MR) is 92.7 cm³/mol. The fraction of sp³-hybridized carbons (Fsp3) is 0.333. The number of pyridine rings is 1. The number of amides is 1. The first kappa shape index (κ1) is 15.6. The quantitative estimate of drug-likeness (QED) is 0.757. The lowest BCUT2D eigenvalue weighted by atomic mass is 9.92. The van der Waals surface area contributed by atoms with Crippen LogP contribution < -0.4 is 10.9 Å². The second-order valence-electron chi connectivity index (χ2n) is 6.47. The van der Waals surface area contributed by atoms with Crippen LogP contribution in [-0.4, -0.2) is 31.1 Å². The molecule has 0 aliphatic heterocycles. The van der Waals surface area contributed by atoms with Crippen LogP contribution in [-0.2, 0) is 19.9 Å². The lowest BCUT2D eigenvalue weighted by Crippen LogP contribution is -2.40. The number of nitrogens with one attached hydrogen (secondary N) is 1. The summed E-state index contributed by atoms with van der Waals surface area (Å²) in [5.74, 6) is -0.138. The van der Waals surface area contributed by atoms with Crippen molar-refractivity contribution in [2.45, 2.75) is 32.2 Å². The van der Waals surface area contributed by atoms with Crippen LogP contribution >= 0.6 is 0 Å². The molecule has 3 aromatic heterocycles. The molecule has 0 bridgehead atoms. The first-order valence-electron chi connectivity index (χ1n) is 8.33. The third kappa shape index (κ3) is 2.71. The molecule has 1 aliphatic rings.